The van der Waals surface area contributed by atoms with Crippen molar-refractivity contribution in [1.29, 1.82) is 0 Å². The quantitative estimate of drug-likeness (QED) is 0.676. The van der Waals surface area contributed by atoms with Crippen molar-refractivity contribution < 1.29 is 9.90 Å². The molecule has 4 rings (SSSR count). The number of amides is 1. The van der Waals surface area contributed by atoms with Crippen molar-refractivity contribution in [2.75, 3.05) is 13.1 Å². The lowest BCUT2D eigenvalue weighted by Crippen LogP contribution is -2.26. The topological polar surface area (TPSA) is 82.1 Å². The van der Waals surface area contributed by atoms with E-state index in [2.05, 4.69) is 35.6 Å². The van der Waals surface area contributed by atoms with Crippen LogP contribution in [0.15, 0.2) is 43.0 Å². The number of benzene rings is 1. The molecule has 2 aromatic heterocycles. The lowest BCUT2D eigenvalue weighted by molar-refractivity contribution is -0.125. The van der Waals surface area contributed by atoms with E-state index in [1.165, 1.54) is 11.6 Å². The van der Waals surface area contributed by atoms with Crippen molar-refractivity contribution in [1.82, 2.24) is 20.1 Å². The average Bonchev–Trinajstić information content (AvgIpc) is 3.31. The molecule has 0 unspecified atom stereocenters. The Morgan fingerprint density at radius 3 is 2.86 bits per heavy atom. The summed E-state index contributed by atoms with van der Waals surface area (Å²) in [5, 5.41) is 19.9. The van der Waals surface area contributed by atoms with Crippen molar-refractivity contribution >= 4 is 16.9 Å². The molecular formula is C22H24N4O2. The number of phenolic OH excluding ortho intramolecular Hbond substituents is 1. The molecule has 0 saturated carbocycles. The number of aromatic hydroxyl groups is 1. The lowest BCUT2D eigenvalue weighted by Gasteiger charge is -2.16. The summed E-state index contributed by atoms with van der Waals surface area (Å²) < 4.78 is 0. The second-order valence-electron chi connectivity index (χ2n) is 7.59. The molecule has 0 aliphatic carbocycles. The molecule has 0 bridgehead atoms. The number of rotatable bonds is 4. The van der Waals surface area contributed by atoms with Gasteiger partial charge in [-0.3, -0.25) is 4.79 Å². The third kappa shape index (κ3) is 3.05. The first-order valence-corrected chi connectivity index (χ1v) is 9.58. The van der Waals surface area contributed by atoms with E-state index >= 15 is 0 Å². The smallest absolute Gasteiger partial charge is 0.245 e. The molecule has 3 aromatic rings. The summed E-state index contributed by atoms with van der Waals surface area (Å²) >= 11 is 0. The number of hydrogen-bond acceptors (Lipinski definition) is 4. The third-order valence-corrected chi connectivity index (χ3v) is 5.47. The summed E-state index contributed by atoms with van der Waals surface area (Å²) in [5.41, 5.74) is 4.39. The summed E-state index contributed by atoms with van der Waals surface area (Å²) in [4.78, 5) is 17.3. The van der Waals surface area contributed by atoms with E-state index in [-0.39, 0.29) is 23.5 Å². The summed E-state index contributed by atoms with van der Waals surface area (Å²) in [6.07, 6.45) is 2.28. The first kappa shape index (κ1) is 18.2. The fourth-order valence-electron chi connectivity index (χ4n) is 4.12. The minimum Gasteiger partial charge on any atom is -0.507 e. The van der Waals surface area contributed by atoms with Crippen LogP contribution in [0.4, 0.5) is 0 Å². The number of hydrogen-bond donors (Lipinski definition) is 2. The van der Waals surface area contributed by atoms with E-state index in [1.54, 1.807) is 12.1 Å². The first-order valence-electron chi connectivity index (χ1n) is 9.58. The normalized spacial score (nSPS) is 16.8. The van der Waals surface area contributed by atoms with Crippen LogP contribution in [0.5, 0.6) is 5.75 Å². The monoisotopic (exact) mass is 376 g/mol. The molecule has 1 fully saturated rings. The van der Waals surface area contributed by atoms with Crippen molar-refractivity contribution in [2.24, 2.45) is 0 Å². The van der Waals surface area contributed by atoms with E-state index in [9.17, 15) is 9.90 Å². The lowest BCUT2D eigenvalue weighted by atomic mass is 9.92. The number of carbonyl (C=O) groups excluding carboxylic acids is 1. The standard InChI is InChI=1S/C22H24N4O2/c1-4-19(28)26-10-9-14(12-26)21-20(13(2)3)16-11-17(24-25-22(16)23-21)15-7-5-6-8-18(15)27/h4-8,11,13-14,27H,1,9-10,12H2,2-3H3,(H,23,25)/t14-/m1/s1. The van der Waals surface area contributed by atoms with Crippen LogP contribution in [0.3, 0.4) is 0 Å². The first-order chi connectivity index (χ1) is 13.5. The van der Waals surface area contributed by atoms with Gasteiger partial charge < -0.3 is 15.0 Å². The number of phenols is 1. The highest BCUT2D eigenvalue weighted by Crippen LogP contribution is 2.38. The van der Waals surface area contributed by atoms with Gasteiger partial charge in [-0.15, -0.1) is 10.2 Å². The highest BCUT2D eigenvalue weighted by Gasteiger charge is 2.30. The molecule has 1 aliphatic heterocycles. The number of nitrogens with zero attached hydrogens (tertiary/aromatic N) is 3. The number of H-pyrrole nitrogens is 1. The number of para-hydroxylation sites is 1. The van der Waals surface area contributed by atoms with Crippen LogP contribution in [0, 0.1) is 0 Å². The zero-order valence-corrected chi connectivity index (χ0v) is 16.1. The molecule has 28 heavy (non-hydrogen) atoms. The summed E-state index contributed by atoms with van der Waals surface area (Å²) in [6.45, 7) is 9.32. The molecule has 1 aliphatic rings. The molecule has 144 valence electrons. The van der Waals surface area contributed by atoms with Gasteiger partial charge in [-0.2, -0.15) is 0 Å². The van der Waals surface area contributed by atoms with Crippen molar-refractivity contribution in [3.05, 3.63) is 54.2 Å². The molecular weight excluding hydrogens is 352 g/mol. The average molecular weight is 376 g/mol. The predicted molar refractivity (Wildman–Crippen MR) is 109 cm³/mol. The highest BCUT2D eigenvalue weighted by atomic mass is 16.3. The van der Waals surface area contributed by atoms with Gasteiger partial charge in [-0.05, 0) is 42.2 Å². The Bertz CT molecular complexity index is 1050. The molecule has 0 radical (unpaired) electrons. The van der Waals surface area contributed by atoms with Gasteiger partial charge in [0.2, 0.25) is 5.91 Å². The van der Waals surface area contributed by atoms with Crippen LogP contribution in [-0.4, -0.2) is 44.2 Å². The predicted octanol–water partition coefficient (Wildman–Crippen LogP) is 3.96. The van der Waals surface area contributed by atoms with Gasteiger partial charge in [-0.25, -0.2) is 0 Å². The van der Waals surface area contributed by atoms with E-state index in [4.69, 9.17) is 0 Å². The molecule has 6 nitrogen and oxygen atoms in total. The maximum Gasteiger partial charge on any atom is 0.245 e. The van der Waals surface area contributed by atoms with Crippen molar-refractivity contribution in [2.45, 2.75) is 32.1 Å². The Hall–Kier alpha value is -3.15. The summed E-state index contributed by atoms with van der Waals surface area (Å²) in [5.74, 6) is 0.692. The Morgan fingerprint density at radius 1 is 1.36 bits per heavy atom. The Kier molecular flexibility index (Phi) is 4.63. The number of fused-ring (bicyclic) bond motifs is 1. The number of carbonyl (C=O) groups is 1. The Balaban J connectivity index is 1.79. The maximum absolute atomic E-state index is 12.0. The Labute approximate surface area is 163 Å². The van der Waals surface area contributed by atoms with Gasteiger partial charge in [0.05, 0.1) is 5.69 Å². The second kappa shape index (κ2) is 7.11. The fourth-order valence-corrected chi connectivity index (χ4v) is 4.12. The van der Waals surface area contributed by atoms with Crippen LogP contribution < -0.4 is 0 Å². The van der Waals surface area contributed by atoms with Gasteiger partial charge in [0.15, 0.2) is 5.65 Å². The van der Waals surface area contributed by atoms with Gasteiger partial charge in [0.25, 0.3) is 0 Å². The largest absolute Gasteiger partial charge is 0.507 e. The molecule has 3 heterocycles. The molecule has 1 atom stereocenters. The minimum atomic E-state index is -0.0219. The molecule has 6 heteroatoms. The van der Waals surface area contributed by atoms with Crippen molar-refractivity contribution in [3.63, 3.8) is 0 Å². The number of aromatic nitrogens is 3. The fraction of sp³-hybridized carbons (Fsp3) is 0.318. The zero-order chi connectivity index (χ0) is 19.8. The zero-order valence-electron chi connectivity index (χ0n) is 16.1. The van der Waals surface area contributed by atoms with Crippen LogP contribution in [0.1, 0.15) is 43.4 Å². The van der Waals surface area contributed by atoms with E-state index in [0.717, 1.165) is 29.7 Å². The molecule has 2 N–H and O–H groups in total. The van der Waals surface area contributed by atoms with Crippen LogP contribution >= 0.6 is 0 Å². The van der Waals surface area contributed by atoms with Crippen LogP contribution in [0.2, 0.25) is 0 Å². The van der Waals surface area contributed by atoms with Gasteiger partial charge >= 0.3 is 0 Å². The third-order valence-electron chi connectivity index (χ3n) is 5.47. The maximum atomic E-state index is 12.0. The van der Waals surface area contributed by atoms with Gasteiger partial charge in [-0.1, -0.05) is 32.6 Å². The number of likely N-dealkylation sites (tertiary alicyclic amines) is 1. The van der Waals surface area contributed by atoms with Crippen LogP contribution in [-0.2, 0) is 4.79 Å². The van der Waals surface area contributed by atoms with E-state index < -0.39 is 0 Å². The molecule has 1 amide bonds. The van der Waals surface area contributed by atoms with Gasteiger partial charge in [0.1, 0.15) is 5.75 Å². The molecule has 1 aromatic carbocycles. The Morgan fingerprint density at radius 2 is 2.14 bits per heavy atom. The van der Waals surface area contributed by atoms with Crippen molar-refractivity contribution in [3.8, 4) is 17.0 Å². The van der Waals surface area contributed by atoms with E-state index in [1.807, 2.05) is 23.1 Å². The molecule has 1 saturated heterocycles. The van der Waals surface area contributed by atoms with Gasteiger partial charge in [0, 0.05) is 35.7 Å². The van der Waals surface area contributed by atoms with E-state index in [0.29, 0.717) is 17.8 Å². The second-order valence-corrected chi connectivity index (χ2v) is 7.59. The number of aromatic amines is 1. The number of nitrogens with one attached hydrogen (secondary N) is 1. The minimum absolute atomic E-state index is 0.0219. The SMILES string of the molecule is C=CC(=O)N1CC[C@@H](c2[nH]c3nnc(-c4ccccc4O)cc3c2C(C)C)C1. The summed E-state index contributed by atoms with van der Waals surface area (Å²) in [7, 11) is 0. The highest BCUT2D eigenvalue weighted by molar-refractivity contribution is 5.88. The molecule has 0 spiro atoms. The summed E-state index contributed by atoms with van der Waals surface area (Å²) in [6, 6.07) is 9.14. The van der Waals surface area contributed by atoms with Crippen LogP contribution in [0.25, 0.3) is 22.3 Å².